The monoisotopic (exact) mass is 320 g/mol. The molecule has 0 atom stereocenters. The first-order valence-corrected chi connectivity index (χ1v) is 5.90. The first-order valence-electron chi connectivity index (χ1n) is 5.90. The van der Waals surface area contributed by atoms with Gasteiger partial charge in [-0.1, -0.05) is 27.7 Å². The van der Waals surface area contributed by atoms with Crippen molar-refractivity contribution in [1.82, 2.24) is 0 Å². The van der Waals surface area contributed by atoms with E-state index >= 15 is 0 Å². The van der Waals surface area contributed by atoms with E-state index in [1.54, 1.807) is 6.92 Å². The molecular formula is C12H21AlO8. The topological polar surface area (TPSA) is 158 Å². The summed E-state index contributed by atoms with van der Waals surface area (Å²) in [5.74, 6) is -3.73. The molecule has 120 valence electrons. The molecule has 0 aromatic rings. The normalized spacial score (nSPS) is 7.05. The average molecular weight is 320 g/mol. The Bertz CT molecular complexity index is 222. The van der Waals surface area contributed by atoms with Crippen molar-refractivity contribution in [2.24, 2.45) is 0 Å². The molecule has 0 amide bonds. The fourth-order valence-electron chi connectivity index (χ4n) is 0. The molecular weight excluding hydrogens is 299 g/mol. The van der Waals surface area contributed by atoms with Crippen LogP contribution >= 0.6 is 0 Å². The van der Waals surface area contributed by atoms with Crippen molar-refractivity contribution in [3.05, 3.63) is 0 Å². The van der Waals surface area contributed by atoms with Crippen LogP contribution in [-0.2, 0) is 19.2 Å². The van der Waals surface area contributed by atoms with Crippen molar-refractivity contribution < 1.29 is 39.6 Å². The van der Waals surface area contributed by atoms with E-state index in [2.05, 4.69) is 0 Å². The minimum atomic E-state index is -0.995. The maximum Gasteiger partial charge on any atom is 3.00 e. The Morgan fingerprint density at radius 1 is 0.667 bits per heavy atom. The molecule has 0 aromatic heterocycles. The van der Waals surface area contributed by atoms with Crippen molar-refractivity contribution in [1.29, 1.82) is 0 Å². The number of aliphatic carboxylic acids is 4. The van der Waals surface area contributed by atoms with Gasteiger partial charge in [0.15, 0.2) is 0 Å². The molecule has 0 heterocycles. The van der Waals surface area contributed by atoms with Gasteiger partial charge in [-0.25, -0.2) is 0 Å². The van der Waals surface area contributed by atoms with E-state index in [1.807, 2.05) is 0 Å². The van der Waals surface area contributed by atoms with Crippen LogP contribution in [0.4, 0.5) is 0 Å². The summed E-state index contributed by atoms with van der Waals surface area (Å²) in [6.07, 6.45) is 0.556. The molecule has 9 heteroatoms. The second-order valence-electron chi connectivity index (χ2n) is 2.92. The second kappa shape index (κ2) is 26.9. The minimum Gasteiger partial charge on any atom is -0.550 e. The summed E-state index contributed by atoms with van der Waals surface area (Å²) in [7, 11) is 0. The van der Waals surface area contributed by atoms with E-state index in [0.29, 0.717) is 0 Å². The van der Waals surface area contributed by atoms with Crippen molar-refractivity contribution in [2.45, 2.75) is 53.4 Å². The summed E-state index contributed by atoms with van der Waals surface area (Å²) in [5, 5.41) is 35.5. The summed E-state index contributed by atoms with van der Waals surface area (Å²) >= 11 is 0. The van der Waals surface area contributed by atoms with Crippen LogP contribution < -0.4 is 15.3 Å². The molecule has 0 aliphatic carbocycles. The van der Waals surface area contributed by atoms with Crippen LogP contribution in [0.2, 0.25) is 0 Å². The zero-order valence-corrected chi connectivity index (χ0v) is 13.9. The Morgan fingerprint density at radius 3 is 0.762 bits per heavy atom. The SMILES string of the molecule is CCC(=O)O.CCC(=O)[O-].CCC(=O)[O-].CCC(=O)[O-].[Al+3]. The van der Waals surface area contributed by atoms with Gasteiger partial charge in [-0.15, -0.1) is 0 Å². The molecule has 0 fully saturated rings. The molecule has 0 radical (unpaired) electrons. The van der Waals surface area contributed by atoms with Gasteiger partial charge in [-0.05, 0) is 19.3 Å². The van der Waals surface area contributed by atoms with E-state index in [4.69, 9.17) is 5.11 Å². The number of rotatable bonds is 4. The summed E-state index contributed by atoms with van der Waals surface area (Å²) in [6.45, 7) is 6.21. The first kappa shape index (κ1) is 31.7. The Hall–Kier alpha value is -1.59. The molecule has 0 spiro atoms. The van der Waals surface area contributed by atoms with Crippen LogP contribution in [0, 0.1) is 0 Å². The van der Waals surface area contributed by atoms with Crippen molar-refractivity contribution in [2.75, 3.05) is 0 Å². The van der Waals surface area contributed by atoms with Crippen LogP contribution in [0.5, 0.6) is 0 Å². The standard InChI is InChI=1S/4C3H6O2.Al/c4*1-2-3(4)5;/h4*2H2,1H3,(H,4,5);/q;;;;+3/p-3. The Kier molecular flexibility index (Phi) is 40.5. The maximum atomic E-state index is 9.37. The molecule has 0 saturated heterocycles. The fraction of sp³-hybridized carbons (Fsp3) is 0.667. The van der Waals surface area contributed by atoms with Gasteiger partial charge in [0.1, 0.15) is 0 Å². The summed E-state index contributed by atoms with van der Waals surface area (Å²) in [5.41, 5.74) is 0. The van der Waals surface area contributed by atoms with Crippen molar-refractivity contribution in [3.63, 3.8) is 0 Å². The molecule has 0 unspecified atom stereocenters. The van der Waals surface area contributed by atoms with Crippen LogP contribution in [0.15, 0.2) is 0 Å². The predicted molar refractivity (Wildman–Crippen MR) is 69.6 cm³/mol. The van der Waals surface area contributed by atoms with Gasteiger partial charge in [-0.2, -0.15) is 0 Å². The van der Waals surface area contributed by atoms with Gasteiger partial charge in [0.25, 0.3) is 0 Å². The zero-order chi connectivity index (χ0) is 17.1. The fourth-order valence-corrected chi connectivity index (χ4v) is 0. The van der Waals surface area contributed by atoms with E-state index in [1.165, 1.54) is 20.8 Å². The summed E-state index contributed by atoms with van der Waals surface area (Å²) in [6, 6.07) is 0. The number of carboxylic acid groups (broad SMARTS) is 4. The van der Waals surface area contributed by atoms with E-state index in [9.17, 15) is 34.5 Å². The van der Waals surface area contributed by atoms with E-state index < -0.39 is 23.9 Å². The number of hydrogen-bond acceptors (Lipinski definition) is 7. The minimum absolute atomic E-state index is 0. The van der Waals surface area contributed by atoms with Crippen molar-refractivity contribution in [3.8, 4) is 0 Å². The Balaban J connectivity index is -0.0000000533. The second-order valence-corrected chi connectivity index (χ2v) is 2.92. The maximum absolute atomic E-state index is 9.37. The third kappa shape index (κ3) is 121. The van der Waals surface area contributed by atoms with E-state index in [-0.39, 0.29) is 43.0 Å². The van der Waals surface area contributed by atoms with Gasteiger partial charge in [0.05, 0.1) is 0 Å². The summed E-state index contributed by atoms with van der Waals surface area (Å²) in [4.78, 5) is 37.1. The molecule has 0 aromatic carbocycles. The first-order chi connectivity index (χ1) is 9.08. The van der Waals surface area contributed by atoms with Crippen LogP contribution in [0.25, 0.3) is 0 Å². The van der Waals surface area contributed by atoms with Crippen LogP contribution in [0.3, 0.4) is 0 Å². The molecule has 1 N–H and O–H groups in total. The van der Waals surface area contributed by atoms with E-state index in [0.717, 1.165) is 0 Å². The third-order valence-electron chi connectivity index (χ3n) is 1.17. The number of carbonyl (C=O) groups excluding carboxylic acids is 3. The number of carboxylic acids is 4. The molecule has 0 rings (SSSR count). The van der Waals surface area contributed by atoms with Crippen LogP contribution in [0.1, 0.15) is 53.4 Å². The van der Waals surface area contributed by atoms with Gasteiger partial charge in [0, 0.05) is 24.3 Å². The van der Waals surface area contributed by atoms with Gasteiger partial charge in [0.2, 0.25) is 0 Å². The van der Waals surface area contributed by atoms with Gasteiger partial charge >= 0.3 is 23.3 Å². The smallest absolute Gasteiger partial charge is 0.550 e. The largest absolute Gasteiger partial charge is 3.00 e. The molecule has 0 bridgehead atoms. The molecule has 0 aliphatic rings. The molecule has 0 saturated carbocycles. The number of carbonyl (C=O) groups is 4. The molecule has 8 nitrogen and oxygen atoms in total. The zero-order valence-electron chi connectivity index (χ0n) is 12.7. The Morgan fingerprint density at radius 2 is 0.762 bits per heavy atom. The van der Waals surface area contributed by atoms with Crippen LogP contribution in [-0.4, -0.2) is 46.3 Å². The van der Waals surface area contributed by atoms with Gasteiger partial charge in [-0.3, -0.25) is 4.79 Å². The molecule has 21 heavy (non-hydrogen) atoms. The summed E-state index contributed by atoms with van der Waals surface area (Å²) < 4.78 is 0. The molecule has 0 aliphatic heterocycles. The quantitative estimate of drug-likeness (QED) is 0.558. The predicted octanol–water partition coefficient (Wildman–Crippen LogP) is -2.46. The van der Waals surface area contributed by atoms with Crippen molar-refractivity contribution >= 4 is 41.2 Å². The average Bonchev–Trinajstić information content (AvgIpc) is 2.40. The Labute approximate surface area is 134 Å². The third-order valence-corrected chi connectivity index (χ3v) is 1.17. The van der Waals surface area contributed by atoms with Gasteiger partial charge < -0.3 is 34.8 Å². The number of hydrogen-bond donors (Lipinski definition) is 1.